The van der Waals surface area contributed by atoms with Gasteiger partial charge in [0, 0.05) is 6.42 Å². The van der Waals surface area contributed by atoms with Crippen LogP contribution in [0.3, 0.4) is 0 Å². The molecule has 4 N–H and O–H groups in total. The number of carbonyl (C=O) groups is 1. The first kappa shape index (κ1) is 12.4. The molecular weight excluding hydrogens is 204 g/mol. The van der Waals surface area contributed by atoms with E-state index < -0.39 is 0 Å². The van der Waals surface area contributed by atoms with Crippen LogP contribution in [0.15, 0.2) is 18.2 Å². The van der Waals surface area contributed by atoms with Gasteiger partial charge in [-0.25, -0.2) is 0 Å². The summed E-state index contributed by atoms with van der Waals surface area (Å²) in [4.78, 5) is 10.6. The van der Waals surface area contributed by atoms with Crippen LogP contribution in [0.2, 0.25) is 0 Å². The second-order valence-electron chi connectivity index (χ2n) is 4.01. The van der Waals surface area contributed by atoms with E-state index in [2.05, 4.69) is 0 Å². The number of carbonyl (C=O) groups excluding carboxylic acids is 1. The van der Waals surface area contributed by atoms with Crippen LogP contribution in [0.25, 0.3) is 0 Å². The molecule has 4 nitrogen and oxygen atoms in total. The minimum absolute atomic E-state index is 0.0961. The molecule has 0 bridgehead atoms. The number of amides is 1. The van der Waals surface area contributed by atoms with E-state index in [0.717, 1.165) is 5.56 Å². The Bertz CT molecular complexity index is 375. The molecule has 0 spiro atoms. The van der Waals surface area contributed by atoms with E-state index >= 15 is 0 Å². The smallest absolute Gasteiger partial charge is 0.217 e. The van der Waals surface area contributed by atoms with Crippen molar-refractivity contribution in [2.24, 2.45) is 5.73 Å². The number of nitrogens with two attached hydrogens (primary N) is 2. The van der Waals surface area contributed by atoms with E-state index in [-0.39, 0.29) is 12.0 Å². The van der Waals surface area contributed by atoms with Crippen LogP contribution >= 0.6 is 0 Å². The number of hydrogen-bond acceptors (Lipinski definition) is 3. The van der Waals surface area contributed by atoms with Crippen molar-refractivity contribution in [2.75, 3.05) is 5.73 Å². The molecule has 1 aromatic rings. The van der Waals surface area contributed by atoms with Crippen molar-refractivity contribution in [1.29, 1.82) is 0 Å². The van der Waals surface area contributed by atoms with Crippen molar-refractivity contribution >= 4 is 11.6 Å². The lowest BCUT2D eigenvalue weighted by Crippen LogP contribution is -2.11. The zero-order valence-corrected chi connectivity index (χ0v) is 9.69. The van der Waals surface area contributed by atoms with Crippen LogP contribution in [0.4, 0.5) is 5.69 Å². The maximum Gasteiger partial charge on any atom is 0.217 e. The van der Waals surface area contributed by atoms with Gasteiger partial charge in [0.25, 0.3) is 0 Å². The standard InChI is InChI=1S/C12H18N2O2/c1-8(2)16-11-5-3-9(7-10(11)13)4-6-12(14)15/h3,5,7-8H,4,6,13H2,1-2H3,(H2,14,15). The first-order valence-electron chi connectivity index (χ1n) is 5.32. The molecule has 0 aliphatic carbocycles. The second kappa shape index (κ2) is 5.39. The lowest BCUT2D eigenvalue weighted by Gasteiger charge is -2.12. The maximum absolute atomic E-state index is 10.6. The van der Waals surface area contributed by atoms with Gasteiger partial charge in [0.05, 0.1) is 11.8 Å². The highest BCUT2D eigenvalue weighted by Crippen LogP contribution is 2.24. The molecule has 0 saturated heterocycles. The number of aryl methyl sites for hydroxylation is 1. The first-order chi connectivity index (χ1) is 7.49. The van der Waals surface area contributed by atoms with Gasteiger partial charge in [-0.3, -0.25) is 4.79 Å². The normalized spacial score (nSPS) is 10.4. The third-order valence-electron chi connectivity index (χ3n) is 2.10. The Morgan fingerprint density at radius 2 is 2.12 bits per heavy atom. The summed E-state index contributed by atoms with van der Waals surface area (Å²) in [5.41, 5.74) is 12.5. The minimum Gasteiger partial charge on any atom is -0.489 e. The Balaban J connectivity index is 2.70. The Morgan fingerprint density at radius 3 is 2.62 bits per heavy atom. The summed E-state index contributed by atoms with van der Waals surface area (Å²) < 4.78 is 5.51. The Kier molecular flexibility index (Phi) is 4.17. The molecule has 0 saturated carbocycles. The molecule has 1 amide bonds. The summed E-state index contributed by atoms with van der Waals surface area (Å²) in [7, 11) is 0. The first-order valence-corrected chi connectivity index (χ1v) is 5.32. The van der Waals surface area contributed by atoms with Gasteiger partial charge in [-0.1, -0.05) is 6.07 Å². The number of benzene rings is 1. The fraction of sp³-hybridized carbons (Fsp3) is 0.417. The lowest BCUT2D eigenvalue weighted by molar-refractivity contribution is -0.117. The monoisotopic (exact) mass is 222 g/mol. The molecule has 0 aliphatic heterocycles. The number of hydrogen-bond donors (Lipinski definition) is 2. The van der Waals surface area contributed by atoms with Crippen molar-refractivity contribution in [3.05, 3.63) is 23.8 Å². The quantitative estimate of drug-likeness (QED) is 0.740. The second-order valence-corrected chi connectivity index (χ2v) is 4.01. The van der Waals surface area contributed by atoms with Gasteiger partial charge in [-0.2, -0.15) is 0 Å². The highest BCUT2D eigenvalue weighted by molar-refractivity contribution is 5.74. The maximum atomic E-state index is 10.6. The Labute approximate surface area is 95.6 Å². The molecule has 0 fully saturated rings. The highest BCUT2D eigenvalue weighted by Gasteiger charge is 2.04. The van der Waals surface area contributed by atoms with E-state index in [1.807, 2.05) is 32.0 Å². The van der Waals surface area contributed by atoms with Gasteiger partial charge < -0.3 is 16.2 Å². The third kappa shape index (κ3) is 3.81. The molecule has 1 aromatic carbocycles. The number of rotatable bonds is 5. The molecule has 0 aromatic heterocycles. The molecule has 0 unspecified atom stereocenters. The Hall–Kier alpha value is -1.71. The summed E-state index contributed by atoms with van der Waals surface area (Å²) in [6.07, 6.45) is 1.05. The molecule has 16 heavy (non-hydrogen) atoms. The summed E-state index contributed by atoms with van der Waals surface area (Å²) in [6.45, 7) is 3.89. The molecule has 1 rings (SSSR count). The van der Waals surface area contributed by atoms with E-state index in [1.165, 1.54) is 0 Å². The number of primary amides is 1. The summed E-state index contributed by atoms with van der Waals surface area (Å²) in [6, 6.07) is 5.54. The Morgan fingerprint density at radius 1 is 1.44 bits per heavy atom. The zero-order valence-electron chi connectivity index (χ0n) is 9.69. The van der Waals surface area contributed by atoms with Gasteiger partial charge in [0.1, 0.15) is 5.75 Å². The van der Waals surface area contributed by atoms with Crippen molar-refractivity contribution in [2.45, 2.75) is 32.8 Å². The molecule has 0 atom stereocenters. The zero-order chi connectivity index (χ0) is 12.1. The highest BCUT2D eigenvalue weighted by atomic mass is 16.5. The van der Waals surface area contributed by atoms with Crippen LogP contribution in [0.1, 0.15) is 25.8 Å². The van der Waals surface area contributed by atoms with Gasteiger partial charge in [-0.05, 0) is 38.0 Å². The fourth-order valence-corrected chi connectivity index (χ4v) is 1.38. The van der Waals surface area contributed by atoms with Gasteiger partial charge in [0.2, 0.25) is 5.91 Å². The van der Waals surface area contributed by atoms with Crippen molar-refractivity contribution < 1.29 is 9.53 Å². The molecule has 0 radical (unpaired) electrons. The molecule has 4 heteroatoms. The lowest BCUT2D eigenvalue weighted by atomic mass is 10.1. The van der Waals surface area contributed by atoms with Crippen LogP contribution in [0, 0.1) is 0 Å². The van der Waals surface area contributed by atoms with Crippen LogP contribution in [0.5, 0.6) is 5.75 Å². The summed E-state index contributed by atoms with van der Waals surface area (Å²) in [5, 5.41) is 0. The van der Waals surface area contributed by atoms with Gasteiger partial charge in [-0.15, -0.1) is 0 Å². The van der Waals surface area contributed by atoms with Crippen LogP contribution < -0.4 is 16.2 Å². The average molecular weight is 222 g/mol. The van der Waals surface area contributed by atoms with Crippen LogP contribution in [-0.4, -0.2) is 12.0 Å². The van der Waals surface area contributed by atoms with E-state index in [9.17, 15) is 4.79 Å². The van der Waals surface area contributed by atoms with E-state index in [4.69, 9.17) is 16.2 Å². The number of anilines is 1. The molecule has 0 aliphatic rings. The predicted octanol–water partition coefficient (Wildman–Crippen LogP) is 1.47. The number of ether oxygens (including phenoxy) is 1. The number of nitrogen functional groups attached to an aromatic ring is 1. The minimum atomic E-state index is -0.305. The van der Waals surface area contributed by atoms with Crippen LogP contribution in [-0.2, 0) is 11.2 Å². The summed E-state index contributed by atoms with van der Waals surface area (Å²) >= 11 is 0. The van der Waals surface area contributed by atoms with Crippen molar-refractivity contribution in [3.63, 3.8) is 0 Å². The van der Waals surface area contributed by atoms with E-state index in [0.29, 0.717) is 24.3 Å². The molecule has 0 heterocycles. The molecular formula is C12H18N2O2. The summed E-state index contributed by atoms with van der Waals surface area (Å²) in [5.74, 6) is 0.374. The fourth-order valence-electron chi connectivity index (χ4n) is 1.38. The van der Waals surface area contributed by atoms with Gasteiger partial charge in [0.15, 0.2) is 0 Å². The average Bonchev–Trinajstić information content (AvgIpc) is 2.18. The van der Waals surface area contributed by atoms with Crippen molar-refractivity contribution in [3.8, 4) is 5.75 Å². The van der Waals surface area contributed by atoms with Crippen molar-refractivity contribution in [1.82, 2.24) is 0 Å². The molecule has 88 valence electrons. The SMILES string of the molecule is CC(C)Oc1ccc(CCC(N)=O)cc1N. The largest absolute Gasteiger partial charge is 0.489 e. The topological polar surface area (TPSA) is 78.3 Å². The third-order valence-corrected chi connectivity index (χ3v) is 2.10. The van der Waals surface area contributed by atoms with E-state index in [1.54, 1.807) is 0 Å². The van der Waals surface area contributed by atoms with Gasteiger partial charge >= 0.3 is 0 Å². The predicted molar refractivity (Wildman–Crippen MR) is 64.1 cm³/mol.